The zero-order chi connectivity index (χ0) is 18.6. The van der Waals surface area contributed by atoms with Crippen molar-refractivity contribution in [1.29, 1.82) is 0 Å². The molecule has 2 fully saturated rings. The number of fused-ring (bicyclic) bond motifs is 1. The second-order valence-corrected chi connectivity index (χ2v) is 7.85. The summed E-state index contributed by atoms with van der Waals surface area (Å²) in [7, 11) is 0. The Morgan fingerprint density at radius 3 is 2.96 bits per heavy atom. The van der Waals surface area contributed by atoms with Gasteiger partial charge in [-0.2, -0.15) is 0 Å². The number of rotatable bonds is 5. The first-order valence-electron chi connectivity index (χ1n) is 10.4. The number of aromatic nitrogens is 2. The van der Waals surface area contributed by atoms with E-state index in [1.54, 1.807) is 0 Å². The molecule has 4 rings (SSSR count). The third-order valence-corrected chi connectivity index (χ3v) is 6.22. The lowest BCUT2D eigenvalue weighted by atomic mass is 9.86. The average Bonchev–Trinajstić information content (AvgIpc) is 3.19. The molecule has 148 valence electrons. The Morgan fingerprint density at radius 1 is 1.30 bits per heavy atom. The molecule has 2 saturated heterocycles. The minimum Gasteiger partial charge on any atom is -0.378 e. The summed E-state index contributed by atoms with van der Waals surface area (Å²) in [6.45, 7) is 8.38. The lowest BCUT2D eigenvalue weighted by molar-refractivity contribution is -0.125. The predicted molar refractivity (Wildman–Crippen MR) is 104 cm³/mol. The second kappa shape index (κ2) is 8.52. The van der Waals surface area contributed by atoms with Crippen molar-refractivity contribution in [3.8, 4) is 0 Å². The van der Waals surface area contributed by atoms with Crippen molar-refractivity contribution in [1.82, 2.24) is 20.2 Å². The maximum absolute atomic E-state index is 12.7. The first kappa shape index (κ1) is 18.6. The van der Waals surface area contributed by atoms with Crippen LogP contribution in [0, 0.1) is 5.92 Å². The number of ether oxygens (including phenoxy) is 1. The van der Waals surface area contributed by atoms with Crippen LogP contribution in [0.3, 0.4) is 0 Å². The van der Waals surface area contributed by atoms with Crippen LogP contribution < -0.4 is 10.2 Å². The number of morpholine rings is 1. The topological polar surface area (TPSA) is 70.6 Å². The van der Waals surface area contributed by atoms with Gasteiger partial charge in [0.05, 0.1) is 13.2 Å². The largest absolute Gasteiger partial charge is 0.378 e. The summed E-state index contributed by atoms with van der Waals surface area (Å²) in [5.74, 6) is 1.05. The van der Waals surface area contributed by atoms with Crippen molar-refractivity contribution >= 4 is 11.9 Å². The summed E-state index contributed by atoms with van der Waals surface area (Å²) in [6, 6.07) is 0.509. The number of likely N-dealkylation sites (N-methyl/N-ethyl adjacent to an activating group) is 1. The molecule has 1 N–H and O–H groups in total. The Bertz CT molecular complexity index is 662. The number of amides is 1. The van der Waals surface area contributed by atoms with Crippen LogP contribution in [0.4, 0.5) is 5.95 Å². The van der Waals surface area contributed by atoms with Crippen LogP contribution in [-0.2, 0) is 22.4 Å². The Balaban J connectivity index is 1.33. The van der Waals surface area contributed by atoms with Gasteiger partial charge in [-0.3, -0.25) is 9.69 Å². The van der Waals surface area contributed by atoms with E-state index in [2.05, 4.69) is 27.0 Å². The first-order chi connectivity index (χ1) is 13.2. The van der Waals surface area contributed by atoms with Gasteiger partial charge in [0.25, 0.3) is 0 Å². The van der Waals surface area contributed by atoms with Crippen LogP contribution >= 0.6 is 0 Å². The van der Waals surface area contributed by atoms with E-state index in [9.17, 15) is 4.79 Å². The lowest BCUT2D eigenvalue weighted by Crippen LogP contribution is -2.43. The molecular weight excluding hydrogens is 342 g/mol. The molecule has 3 heterocycles. The molecular formula is C20H31N5O2. The van der Waals surface area contributed by atoms with Gasteiger partial charge in [0.2, 0.25) is 11.9 Å². The number of anilines is 1. The van der Waals surface area contributed by atoms with Gasteiger partial charge in [0.15, 0.2) is 0 Å². The fourth-order valence-electron chi connectivity index (χ4n) is 4.54. The molecule has 3 aliphatic rings. The minimum atomic E-state index is 0.0480. The average molecular weight is 374 g/mol. The van der Waals surface area contributed by atoms with E-state index in [4.69, 9.17) is 9.72 Å². The second-order valence-electron chi connectivity index (χ2n) is 7.85. The highest BCUT2D eigenvalue weighted by Gasteiger charge is 2.29. The molecule has 0 aromatic carbocycles. The van der Waals surface area contributed by atoms with Gasteiger partial charge < -0.3 is 15.0 Å². The minimum absolute atomic E-state index is 0.0480. The molecule has 0 spiro atoms. The maximum atomic E-state index is 12.7. The summed E-state index contributed by atoms with van der Waals surface area (Å²) in [5, 5.41) is 3.21. The molecule has 0 bridgehead atoms. The van der Waals surface area contributed by atoms with E-state index in [-0.39, 0.29) is 11.8 Å². The van der Waals surface area contributed by atoms with Gasteiger partial charge in [-0.15, -0.1) is 0 Å². The molecule has 0 saturated carbocycles. The molecule has 1 aromatic rings. The number of carbonyl (C=O) groups is 1. The number of aryl methyl sites for hydroxylation is 1. The quantitative estimate of drug-likeness (QED) is 0.831. The normalized spacial score (nSPS) is 26.0. The van der Waals surface area contributed by atoms with E-state index in [0.717, 1.165) is 82.4 Å². The zero-order valence-electron chi connectivity index (χ0n) is 16.3. The van der Waals surface area contributed by atoms with Crippen LogP contribution in [0.2, 0.25) is 0 Å². The molecule has 0 unspecified atom stereocenters. The van der Waals surface area contributed by atoms with E-state index >= 15 is 0 Å². The molecule has 2 aliphatic heterocycles. The molecule has 27 heavy (non-hydrogen) atoms. The van der Waals surface area contributed by atoms with E-state index < -0.39 is 0 Å². The number of nitrogens with one attached hydrogen (secondary N) is 1. The van der Waals surface area contributed by atoms with Crippen LogP contribution in [0.15, 0.2) is 6.20 Å². The smallest absolute Gasteiger partial charge is 0.225 e. The molecule has 0 radical (unpaired) electrons. The first-order valence-corrected chi connectivity index (χ1v) is 10.4. The monoisotopic (exact) mass is 373 g/mol. The fraction of sp³-hybridized carbons (Fsp3) is 0.750. The number of hydrogen-bond acceptors (Lipinski definition) is 6. The Morgan fingerprint density at radius 2 is 2.15 bits per heavy atom. The highest BCUT2D eigenvalue weighted by molar-refractivity contribution is 5.79. The van der Waals surface area contributed by atoms with Crippen molar-refractivity contribution in [2.24, 2.45) is 5.92 Å². The van der Waals surface area contributed by atoms with Crippen LogP contribution in [0.1, 0.15) is 37.4 Å². The fourth-order valence-corrected chi connectivity index (χ4v) is 4.54. The van der Waals surface area contributed by atoms with Gasteiger partial charge in [0.1, 0.15) is 0 Å². The molecule has 7 heteroatoms. The Labute approximate surface area is 161 Å². The van der Waals surface area contributed by atoms with Crippen molar-refractivity contribution < 1.29 is 9.53 Å². The SMILES string of the molecule is CCN1CCC[C@@H]1CNC(=O)[C@@H]1CCc2nc(N3CCOCC3)ncc2C1. The summed E-state index contributed by atoms with van der Waals surface area (Å²) >= 11 is 0. The van der Waals surface area contributed by atoms with Crippen molar-refractivity contribution in [2.45, 2.75) is 45.1 Å². The maximum Gasteiger partial charge on any atom is 0.225 e. The Hall–Kier alpha value is -1.73. The standard InChI is InChI=1S/C20H31N5O2/c1-2-24-7-3-4-17(24)14-21-19(26)15-5-6-18-16(12-15)13-22-20(23-18)25-8-10-27-11-9-25/h13,15,17H,2-12,14H2,1H3,(H,21,26)/t15-,17-/m1/s1. The van der Waals surface area contributed by atoms with Gasteiger partial charge in [-0.25, -0.2) is 9.97 Å². The number of nitrogens with zero attached hydrogens (tertiary/aromatic N) is 4. The van der Waals surface area contributed by atoms with Crippen molar-refractivity contribution in [2.75, 3.05) is 50.8 Å². The van der Waals surface area contributed by atoms with Crippen molar-refractivity contribution in [3.05, 3.63) is 17.5 Å². The van der Waals surface area contributed by atoms with Gasteiger partial charge in [-0.1, -0.05) is 6.92 Å². The predicted octanol–water partition coefficient (Wildman–Crippen LogP) is 1.02. The van der Waals surface area contributed by atoms with Gasteiger partial charge in [0, 0.05) is 43.5 Å². The van der Waals surface area contributed by atoms with Crippen LogP contribution in [-0.4, -0.2) is 72.8 Å². The summed E-state index contributed by atoms with van der Waals surface area (Å²) < 4.78 is 5.40. The van der Waals surface area contributed by atoms with E-state index in [0.29, 0.717) is 6.04 Å². The van der Waals surface area contributed by atoms with E-state index in [1.807, 2.05) is 6.20 Å². The van der Waals surface area contributed by atoms with Crippen LogP contribution in [0.5, 0.6) is 0 Å². The highest BCUT2D eigenvalue weighted by Crippen LogP contribution is 2.26. The summed E-state index contributed by atoms with van der Waals surface area (Å²) in [5.41, 5.74) is 2.25. The molecule has 7 nitrogen and oxygen atoms in total. The summed E-state index contributed by atoms with van der Waals surface area (Å²) in [6.07, 6.45) is 6.86. The third-order valence-electron chi connectivity index (χ3n) is 6.22. The van der Waals surface area contributed by atoms with Gasteiger partial charge >= 0.3 is 0 Å². The molecule has 1 amide bonds. The van der Waals surface area contributed by atoms with Gasteiger partial charge in [-0.05, 0) is 50.8 Å². The molecule has 2 atom stereocenters. The lowest BCUT2D eigenvalue weighted by Gasteiger charge is -2.29. The number of carbonyl (C=O) groups excluding carboxylic acids is 1. The van der Waals surface area contributed by atoms with Crippen molar-refractivity contribution in [3.63, 3.8) is 0 Å². The highest BCUT2D eigenvalue weighted by atomic mass is 16.5. The zero-order valence-corrected chi connectivity index (χ0v) is 16.3. The summed E-state index contributed by atoms with van der Waals surface area (Å²) in [4.78, 5) is 26.7. The number of likely N-dealkylation sites (tertiary alicyclic amines) is 1. The molecule has 1 aromatic heterocycles. The van der Waals surface area contributed by atoms with E-state index in [1.165, 1.54) is 12.8 Å². The molecule has 1 aliphatic carbocycles. The number of hydrogen-bond donors (Lipinski definition) is 1. The van der Waals surface area contributed by atoms with Crippen LogP contribution in [0.25, 0.3) is 0 Å². The Kier molecular flexibility index (Phi) is 5.88. The third kappa shape index (κ3) is 4.24.